The van der Waals surface area contributed by atoms with Crippen molar-refractivity contribution in [3.63, 3.8) is 0 Å². The van der Waals surface area contributed by atoms with Crippen molar-refractivity contribution in [1.82, 2.24) is 10.3 Å². The summed E-state index contributed by atoms with van der Waals surface area (Å²) in [6.45, 7) is 6.70. The molecule has 110 valence electrons. The average molecular weight is 279 g/mol. The van der Waals surface area contributed by atoms with E-state index in [1.54, 1.807) is 39.1 Å². The summed E-state index contributed by atoms with van der Waals surface area (Å²) in [4.78, 5) is 15.7. The molecule has 1 saturated heterocycles. The molecule has 1 fully saturated rings. The monoisotopic (exact) mass is 279 g/mol. The Bertz CT molecular complexity index is 473. The van der Waals surface area contributed by atoms with Gasteiger partial charge in [-0.05, 0) is 39.8 Å². The van der Waals surface area contributed by atoms with E-state index in [9.17, 15) is 9.90 Å². The molecule has 0 saturated carbocycles. The Kier molecular flexibility index (Phi) is 3.96. The van der Waals surface area contributed by atoms with E-state index in [0.29, 0.717) is 18.8 Å². The van der Waals surface area contributed by atoms with Crippen molar-refractivity contribution in [2.75, 3.05) is 18.4 Å². The molecule has 0 spiro atoms. The molecule has 0 radical (unpaired) electrons. The Labute approximate surface area is 118 Å². The number of hydrogen-bond donors (Lipinski definition) is 3. The number of β-amino-alcohol motifs (C(OH)–C–C–N with tert-alkyl or cyclic N) is 1. The van der Waals surface area contributed by atoms with Gasteiger partial charge in [0.05, 0.1) is 0 Å². The van der Waals surface area contributed by atoms with Crippen LogP contribution in [0.3, 0.4) is 0 Å². The first kappa shape index (κ1) is 14.7. The summed E-state index contributed by atoms with van der Waals surface area (Å²) in [7, 11) is 0. The Morgan fingerprint density at radius 1 is 1.50 bits per heavy atom. The average Bonchev–Trinajstić information content (AvgIpc) is 2.75. The highest BCUT2D eigenvalue weighted by Gasteiger charge is 2.33. The van der Waals surface area contributed by atoms with Gasteiger partial charge in [0.2, 0.25) is 0 Å². The van der Waals surface area contributed by atoms with Crippen molar-refractivity contribution >= 4 is 11.9 Å². The first-order chi connectivity index (χ1) is 9.28. The van der Waals surface area contributed by atoms with Gasteiger partial charge in [-0.25, -0.2) is 9.78 Å². The number of carbonyl (C=O) groups excluding carboxylic acids is 1. The molecule has 1 amide bonds. The molecule has 1 aromatic rings. The third-order valence-corrected chi connectivity index (χ3v) is 3.06. The normalized spacial score (nSPS) is 22.6. The summed E-state index contributed by atoms with van der Waals surface area (Å²) < 4.78 is 5.14. The summed E-state index contributed by atoms with van der Waals surface area (Å²) in [6.07, 6.45) is 1.70. The van der Waals surface area contributed by atoms with E-state index in [2.05, 4.69) is 15.6 Å². The van der Waals surface area contributed by atoms with Crippen LogP contribution in [0.25, 0.3) is 0 Å². The predicted octanol–water partition coefficient (Wildman–Crippen LogP) is 1.61. The van der Waals surface area contributed by atoms with Crippen molar-refractivity contribution in [1.29, 1.82) is 0 Å². The van der Waals surface area contributed by atoms with Crippen molar-refractivity contribution < 1.29 is 14.6 Å². The molecule has 6 heteroatoms. The van der Waals surface area contributed by atoms with Crippen LogP contribution in [0.15, 0.2) is 18.3 Å². The number of rotatable bonds is 2. The highest BCUT2D eigenvalue weighted by atomic mass is 16.6. The molecule has 0 bridgehead atoms. The molecule has 2 rings (SSSR count). The first-order valence-electron chi connectivity index (χ1n) is 6.68. The maximum Gasteiger partial charge on any atom is 0.413 e. The number of amides is 1. The van der Waals surface area contributed by atoms with Crippen molar-refractivity contribution in [3.8, 4) is 0 Å². The molecule has 0 aromatic carbocycles. The molecule has 6 nitrogen and oxygen atoms in total. The van der Waals surface area contributed by atoms with Crippen LogP contribution >= 0.6 is 0 Å². The number of carbonyl (C=O) groups is 1. The van der Waals surface area contributed by atoms with Gasteiger partial charge in [-0.15, -0.1) is 0 Å². The molecule has 1 aliphatic rings. The standard InChI is InChI=1S/C14H21N3O3/c1-13(2,3)20-12(18)17-11-5-4-10(8-16-11)14(19)6-7-15-9-14/h4-5,8,15,19H,6-7,9H2,1-3H3,(H,16,17,18). The molecular weight excluding hydrogens is 258 g/mol. The predicted molar refractivity (Wildman–Crippen MR) is 75.5 cm³/mol. The highest BCUT2D eigenvalue weighted by Crippen LogP contribution is 2.27. The van der Waals surface area contributed by atoms with Gasteiger partial charge in [0.25, 0.3) is 0 Å². The molecule has 3 N–H and O–H groups in total. The zero-order valence-electron chi connectivity index (χ0n) is 12.1. The lowest BCUT2D eigenvalue weighted by molar-refractivity contribution is 0.0584. The zero-order chi connectivity index (χ0) is 14.8. The van der Waals surface area contributed by atoms with E-state index in [1.165, 1.54) is 0 Å². The highest BCUT2D eigenvalue weighted by molar-refractivity contribution is 5.83. The van der Waals surface area contributed by atoms with Gasteiger partial charge in [0, 0.05) is 18.3 Å². The molecule has 1 atom stereocenters. The lowest BCUT2D eigenvalue weighted by Gasteiger charge is -2.22. The number of aliphatic hydroxyl groups is 1. The first-order valence-corrected chi connectivity index (χ1v) is 6.68. The molecule has 1 aliphatic heterocycles. The van der Waals surface area contributed by atoms with Gasteiger partial charge < -0.3 is 15.2 Å². The lowest BCUT2D eigenvalue weighted by Crippen LogP contribution is -2.29. The maximum atomic E-state index is 11.6. The number of nitrogens with zero attached hydrogens (tertiary/aromatic N) is 1. The van der Waals surface area contributed by atoms with Crippen LogP contribution in [-0.2, 0) is 10.3 Å². The Morgan fingerprint density at radius 2 is 2.25 bits per heavy atom. The van der Waals surface area contributed by atoms with E-state index in [-0.39, 0.29) is 0 Å². The van der Waals surface area contributed by atoms with Crippen LogP contribution < -0.4 is 10.6 Å². The van der Waals surface area contributed by atoms with Crippen LogP contribution in [-0.4, -0.2) is 34.9 Å². The van der Waals surface area contributed by atoms with Crippen molar-refractivity contribution in [3.05, 3.63) is 23.9 Å². The van der Waals surface area contributed by atoms with Crippen LogP contribution in [0.5, 0.6) is 0 Å². The fraction of sp³-hybridized carbons (Fsp3) is 0.571. The number of hydrogen-bond acceptors (Lipinski definition) is 5. The van der Waals surface area contributed by atoms with E-state index < -0.39 is 17.3 Å². The van der Waals surface area contributed by atoms with Gasteiger partial charge in [0.1, 0.15) is 17.0 Å². The lowest BCUT2D eigenvalue weighted by atomic mass is 9.95. The quantitative estimate of drug-likeness (QED) is 0.766. The third-order valence-electron chi connectivity index (χ3n) is 3.06. The summed E-state index contributed by atoms with van der Waals surface area (Å²) in [6, 6.07) is 3.43. The van der Waals surface area contributed by atoms with Gasteiger partial charge in [-0.1, -0.05) is 6.07 Å². The fourth-order valence-corrected chi connectivity index (χ4v) is 2.08. The third kappa shape index (κ3) is 3.68. The minimum Gasteiger partial charge on any atom is -0.444 e. The van der Waals surface area contributed by atoms with Gasteiger partial charge in [0.15, 0.2) is 0 Å². The maximum absolute atomic E-state index is 11.6. The van der Waals surface area contributed by atoms with E-state index >= 15 is 0 Å². The topological polar surface area (TPSA) is 83.5 Å². The number of aromatic nitrogens is 1. The summed E-state index contributed by atoms with van der Waals surface area (Å²) in [5, 5.41) is 16.0. The Balaban J connectivity index is 2.00. The molecule has 0 aliphatic carbocycles. The summed E-state index contributed by atoms with van der Waals surface area (Å²) in [5.74, 6) is 0.401. The number of nitrogens with one attached hydrogen (secondary N) is 2. The van der Waals surface area contributed by atoms with Crippen LogP contribution in [0.2, 0.25) is 0 Å². The van der Waals surface area contributed by atoms with Crippen LogP contribution in [0, 0.1) is 0 Å². The summed E-state index contributed by atoms with van der Waals surface area (Å²) >= 11 is 0. The molecular formula is C14H21N3O3. The largest absolute Gasteiger partial charge is 0.444 e. The minimum absolute atomic E-state index is 0.401. The van der Waals surface area contributed by atoms with Crippen LogP contribution in [0.4, 0.5) is 10.6 Å². The van der Waals surface area contributed by atoms with E-state index in [4.69, 9.17) is 4.74 Å². The number of ether oxygens (including phenoxy) is 1. The molecule has 2 heterocycles. The Hall–Kier alpha value is -1.66. The fourth-order valence-electron chi connectivity index (χ4n) is 2.08. The minimum atomic E-state index is -0.864. The summed E-state index contributed by atoms with van der Waals surface area (Å²) in [5.41, 5.74) is -0.663. The van der Waals surface area contributed by atoms with Crippen molar-refractivity contribution in [2.24, 2.45) is 0 Å². The van der Waals surface area contributed by atoms with E-state index in [1.807, 2.05) is 0 Å². The second-order valence-corrected chi connectivity index (χ2v) is 6.02. The van der Waals surface area contributed by atoms with E-state index in [0.717, 1.165) is 12.1 Å². The molecule has 20 heavy (non-hydrogen) atoms. The van der Waals surface area contributed by atoms with Gasteiger partial charge >= 0.3 is 6.09 Å². The zero-order valence-corrected chi connectivity index (χ0v) is 12.1. The van der Waals surface area contributed by atoms with Gasteiger partial charge in [-0.3, -0.25) is 5.32 Å². The molecule has 1 unspecified atom stereocenters. The number of pyridine rings is 1. The molecule has 1 aromatic heterocycles. The van der Waals surface area contributed by atoms with Crippen LogP contribution in [0.1, 0.15) is 32.8 Å². The van der Waals surface area contributed by atoms with Gasteiger partial charge in [-0.2, -0.15) is 0 Å². The smallest absolute Gasteiger partial charge is 0.413 e. The Morgan fingerprint density at radius 3 is 2.75 bits per heavy atom. The number of anilines is 1. The SMILES string of the molecule is CC(C)(C)OC(=O)Nc1ccc(C2(O)CCNC2)cn1. The van der Waals surface area contributed by atoms with Crippen molar-refractivity contribution in [2.45, 2.75) is 38.4 Å². The second-order valence-electron chi connectivity index (χ2n) is 6.02. The second kappa shape index (κ2) is 5.38.